The summed E-state index contributed by atoms with van der Waals surface area (Å²) in [7, 11) is 0. The van der Waals surface area contributed by atoms with Gasteiger partial charge in [0.25, 0.3) is 0 Å². The van der Waals surface area contributed by atoms with E-state index in [-0.39, 0.29) is 5.92 Å². The normalized spacial score (nSPS) is 32.0. The Morgan fingerprint density at radius 1 is 1.03 bits per heavy atom. The SMILES string of the molecule is OC1O[C@@H](c2ccc(Br)c(C(C3=CC=CCC3)C3=COC=CO3)c2)[C@H](O)[C@@H](O)[C@@H]1O. The van der Waals surface area contributed by atoms with Crippen LogP contribution in [0.15, 0.2) is 71.0 Å². The summed E-state index contributed by atoms with van der Waals surface area (Å²) in [6, 6.07) is 5.38. The Bertz CT molecular complexity index is 907. The highest BCUT2D eigenvalue weighted by Crippen LogP contribution is 2.42. The van der Waals surface area contributed by atoms with E-state index in [1.165, 1.54) is 12.5 Å². The van der Waals surface area contributed by atoms with Gasteiger partial charge in [-0.3, -0.25) is 0 Å². The minimum absolute atomic E-state index is 0.254. The molecule has 0 spiro atoms. The van der Waals surface area contributed by atoms with E-state index in [1.807, 2.05) is 24.3 Å². The van der Waals surface area contributed by atoms with Gasteiger partial charge in [0.05, 0.1) is 5.92 Å². The van der Waals surface area contributed by atoms with E-state index in [1.54, 1.807) is 12.3 Å². The van der Waals surface area contributed by atoms with Gasteiger partial charge in [0.2, 0.25) is 0 Å². The van der Waals surface area contributed by atoms with Gasteiger partial charge in [-0.2, -0.15) is 0 Å². The summed E-state index contributed by atoms with van der Waals surface area (Å²) in [4.78, 5) is 0. The van der Waals surface area contributed by atoms with E-state index in [0.717, 1.165) is 28.5 Å². The maximum absolute atomic E-state index is 10.4. The van der Waals surface area contributed by atoms with Gasteiger partial charge in [0, 0.05) is 4.47 Å². The van der Waals surface area contributed by atoms with Crippen molar-refractivity contribution in [1.82, 2.24) is 0 Å². The van der Waals surface area contributed by atoms with Crippen LogP contribution in [0.2, 0.25) is 0 Å². The molecule has 2 unspecified atom stereocenters. The maximum Gasteiger partial charge on any atom is 0.184 e. The monoisotopic (exact) mass is 478 g/mol. The van der Waals surface area contributed by atoms with Crippen LogP contribution in [0.4, 0.5) is 0 Å². The molecule has 0 aromatic heterocycles. The Morgan fingerprint density at radius 3 is 2.57 bits per heavy atom. The molecule has 4 N–H and O–H groups in total. The van der Waals surface area contributed by atoms with Crippen molar-refractivity contribution < 1.29 is 34.6 Å². The first-order valence-corrected chi connectivity index (χ1v) is 10.5. The van der Waals surface area contributed by atoms with Crippen molar-refractivity contribution in [2.24, 2.45) is 0 Å². The first-order valence-electron chi connectivity index (χ1n) is 9.67. The van der Waals surface area contributed by atoms with Crippen LogP contribution in [-0.4, -0.2) is 45.0 Å². The molecule has 6 atom stereocenters. The van der Waals surface area contributed by atoms with Gasteiger partial charge in [-0.25, -0.2) is 0 Å². The molecule has 8 heteroatoms. The minimum Gasteiger partial charge on any atom is -0.466 e. The average Bonchev–Trinajstić information content (AvgIpc) is 2.78. The van der Waals surface area contributed by atoms with Crippen LogP contribution in [0.25, 0.3) is 0 Å². The molecular weight excluding hydrogens is 456 g/mol. The number of ether oxygens (including phenoxy) is 3. The zero-order valence-corrected chi connectivity index (χ0v) is 17.6. The molecule has 1 aromatic carbocycles. The first kappa shape index (κ1) is 21.3. The number of aliphatic hydroxyl groups excluding tert-OH is 4. The quantitative estimate of drug-likeness (QED) is 0.526. The lowest BCUT2D eigenvalue weighted by Crippen LogP contribution is -2.54. The number of halogens is 1. The van der Waals surface area contributed by atoms with Crippen LogP contribution < -0.4 is 0 Å². The molecule has 30 heavy (non-hydrogen) atoms. The van der Waals surface area contributed by atoms with Gasteiger partial charge < -0.3 is 34.6 Å². The van der Waals surface area contributed by atoms with Crippen LogP contribution in [0.1, 0.15) is 36.0 Å². The van der Waals surface area contributed by atoms with E-state index in [0.29, 0.717) is 11.3 Å². The van der Waals surface area contributed by atoms with Gasteiger partial charge in [-0.15, -0.1) is 0 Å². The minimum atomic E-state index is -1.61. The highest BCUT2D eigenvalue weighted by Gasteiger charge is 2.44. The topological polar surface area (TPSA) is 109 Å². The average molecular weight is 479 g/mol. The van der Waals surface area contributed by atoms with Crippen molar-refractivity contribution in [3.05, 3.63) is 82.1 Å². The summed E-state index contributed by atoms with van der Waals surface area (Å²) in [5.74, 6) is 0.355. The van der Waals surface area contributed by atoms with Gasteiger partial charge in [-0.1, -0.05) is 51.9 Å². The molecule has 0 bridgehead atoms. The molecule has 1 saturated heterocycles. The fraction of sp³-hybridized carbons (Fsp3) is 0.364. The first-order chi connectivity index (χ1) is 14.5. The highest BCUT2D eigenvalue weighted by atomic mass is 79.9. The third-order valence-corrected chi connectivity index (χ3v) is 6.19. The highest BCUT2D eigenvalue weighted by molar-refractivity contribution is 9.10. The molecule has 160 valence electrons. The molecule has 0 amide bonds. The van der Waals surface area contributed by atoms with E-state index >= 15 is 0 Å². The molecular formula is C22H23BrO7. The van der Waals surface area contributed by atoms with E-state index in [2.05, 4.69) is 22.0 Å². The predicted molar refractivity (Wildman–Crippen MR) is 111 cm³/mol. The van der Waals surface area contributed by atoms with Gasteiger partial charge >= 0.3 is 0 Å². The molecule has 1 aliphatic carbocycles. The van der Waals surface area contributed by atoms with Crippen molar-refractivity contribution in [2.45, 2.75) is 49.5 Å². The summed E-state index contributed by atoms with van der Waals surface area (Å²) in [6.45, 7) is 0. The Balaban J connectivity index is 1.74. The number of aliphatic hydroxyl groups is 4. The molecule has 1 fully saturated rings. The summed E-state index contributed by atoms with van der Waals surface area (Å²) < 4.78 is 17.3. The molecule has 0 radical (unpaired) electrons. The van der Waals surface area contributed by atoms with Crippen molar-refractivity contribution >= 4 is 15.9 Å². The number of rotatable bonds is 4. The van der Waals surface area contributed by atoms with E-state index in [4.69, 9.17) is 14.2 Å². The molecule has 0 saturated carbocycles. The Labute approximate surface area is 182 Å². The maximum atomic E-state index is 10.4. The summed E-state index contributed by atoms with van der Waals surface area (Å²) in [5, 5.41) is 40.2. The van der Waals surface area contributed by atoms with Gasteiger partial charge in [0.15, 0.2) is 6.29 Å². The third kappa shape index (κ3) is 4.12. The van der Waals surface area contributed by atoms with Crippen molar-refractivity contribution in [3.63, 3.8) is 0 Å². The zero-order chi connectivity index (χ0) is 21.3. The Kier molecular flexibility index (Phi) is 6.43. The van der Waals surface area contributed by atoms with Crippen LogP contribution in [-0.2, 0) is 14.2 Å². The van der Waals surface area contributed by atoms with Crippen LogP contribution in [0.5, 0.6) is 0 Å². The summed E-state index contributed by atoms with van der Waals surface area (Å²) >= 11 is 3.61. The lowest BCUT2D eigenvalue weighted by atomic mass is 9.83. The molecule has 2 aliphatic heterocycles. The number of hydrogen-bond donors (Lipinski definition) is 4. The third-order valence-electron chi connectivity index (χ3n) is 5.47. The number of benzene rings is 1. The molecule has 1 aromatic rings. The predicted octanol–water partition coefficient (Wildman–Crippen LogP) is 2.64. The van der Waals surface area contributed by atoms with Crippen LogP contribution >= 0.6 is 15.9 Å². The smallest absolute Gasteiger partial charge is 0.184 e. The van der Waals surface area contributed by atoms with Crippen LogP contribution in [0, 0.1) is 0 Å². The summed E-state index contributed by atoms with van der Waals surface area (Å²) in [5.41, 5.74) is 2.53. The molecule has 2 heterocycles. The fourth-order valence-electron chi connectivity index (χ4n) is 3.90. The second-order valence-corrected chi connectivity index (χ2v) is 8.24. The van der Waals surface area contributed by atoms with Crippen molar-refractivity contribution in [2.75, 3.05) is 0 Å². The summed E-state index contributed by atoms with van der Waals surface area (Å²) in [6.07, 6.45) is 5.24. The van der Waals surface area contributed by atoms with Crippen molar-refractivity contribution in [3.8, 4) is 0 Å². The zero-order valence-electron chi connectivity index (χ0n) is 16.0. The lowest BCUT2D eigenvalue weighted by molar-refractivity contribution is -0.284. The molecule has 7 nitrogen and oxygen atoms in total. The fourth-order valence-corrected chi connectivity index (χ4v) is 4.38. The largest absolute Gasteiger partial charge is 0.466 e. The standard InChI is InChI=1S/C22H23BrO7/c23-15-7-6-13(21-19(25)18(24)20(26)22(27)30-21)10-14(15)17(12-4-2-1-3-5-12)16-11-28-8-9-29-16/h1-2,4,6-11,17-22,24-27H,3,5H2/t17?,18-,19-,20+,21+,22?/m1/s1. The Hall–Kier alpha value is -1.94. The van der Waals surface area contributed by atoms with Crippen LogP contribution in [0.3, 0.4) is 0 Å². The lowest BCUT2D eigenvalue weighted by Gasteiger charge is -2.38. The Morgan fingerprint density at radius 2 is 1.87 bits per heavy atom. The molecule has 4 rings (SSSR count). The van der Waals surface area contributed by atoms with Crippen molar-refractivity contribution in [1.29, 1.82) is 0 Å². The number of allylic oxidation sites excluding steroid dienone is 4. The van der Waals surface area contributed by atoms with Gasteiger partial charge in [-0.05, 0) is 30.0 Å². The van der Waals surface area contributed by atoms with E-state index in [9.17, 15) is 20.4 Å². The number of hydrogen-bond acceptors (Lipinski definition) is 7. The molecule has 3 aliphatic rings. The second kappa shape index (κ2) is 9.05. The van der Waals surface area contributed by atoms with E-state index < -0.39 is 30.7 Å². The van der Waals surface area contributed by atoms with Gasteiger partial charge in [0.1, 0.15) is 49.0 Å². The second-order valence-electron chi connectivity index (χ2n) is 7.39.